The lowest BCUT2D eigenvalue weighted by atomic mass is 9.78. The summed E-state index contributed by atoms with van der Waals surface area (Å²) in [6.07, 6.45) is 3.21. The van der Waals surface area contributed by atoms with E-state index in [1.54, 1.807) is 6.07 Å². The molecule has 2 fully saturated rings. The molecule has 3 rings (SSSR count). The van der Waals surface area contributed by atoms with Gasteiger partial charge in [0, 0.05) is 23.7 Å². The summed E-state index contributed by atoms with van der Waals surface area (Å²) < 4.78 is 25.1. The van der Waals surface area contributed by atoms with E-state index in [0.29, 0.717) is 49.8 Å². The standard InChI is InChI=1S/C15H18BrFO3/c16-13-9-12(17)2-1-11(13)10-14(18)3-5-15(6-4-14)19-7-8-20-15/h1-2,9,18H,3-8,10H2. The molecule has 110 valence electrons. The van der Waals surface area contributed by atoms with Crippen molar-refractivity contribution < 1.29 is 19.0 Å². The zero-order chi connectivity index (χ0) is 14.2. The molecule has 1 saturated heterocycles. The molecule has 1 aliphatic carbocycles. The molecule has 0 amide bonds. The first kappa shape index (κ1) is 14.4. The van der Waals surface area contributed by atoms with Crippen LogP contribution in [0.2, 0.25) is 0 Å². The van der Waals surface area contributed by atoms with Gasteiger partial charge in [-0.05, 0) is 30.5 Å². The summed E-state index contributed by atoms with van der Waals surface area (Å²) in [5.41, 5.74) is 0.166. The molecule has 1 aliphatic heterocycles. The molecule has 0 aromatic heterocycles. The second kappa shape index (κ2) is 5.37. The van der Waals surface area contributed by atoms with E-state index in [1.807, 2.05) is 0 Å². The van der Waals surface area contributed by atoms with Crippen LogP contribution in [0.25, 0.3) is 0 Å². The van der Waals surface area contributed by atoms with E-state index >= 15 is 0 Å². The number of aliphatic hydroxyl groups is 1. The predicted octanol–water partition coefficient (Wildman–Crippen LogP) is 3.18. The third-order valence-corrected chi connectivity index (χ3v) is 5.03. The van der Waals surface area contributed by atoms with Crippen LogP contribution in [0.1, 0.15) is 31.2 Å². The minimum absolute atomic E-state index is 0.275. The first-order valence-electron chi connectivity index (χ1n) is 6.95. The number of halogens is 2. The van der Waals surface area contributed by atoms with Crippen LogP contribution < -0.4 is 0 Å². The lowest BCUT2D eigenvalue weighted by molar-refractivity contribution is -0.202. The Labute approximate surface area is 126 Å². The van der Waals surface area contributed by atoms with Crippen molar-refractivity contribution in [3.05, 3.63) is 34.1 Å². The van der Waals surface area contributed by atoms with Crippen LogP contribution in [0.15, 0.2) is 22.7 Å². The average Bonchev–Trinajstić information content (AvgIpc) is 2.87. The number of hydrogen-bond acceptors (Lipinski definition) is 3. The molecule has 1 aromatic carbocycles. The van der Waals surface area contributed by atoms with Crippen molar-refractivity contribution in [2.24, 2.45) is 0 Å². The quantitative estimate of drug-likeness (QED) is 0.895. The number of hydrogen-bond donors (Lipinski definition) is 1. The van der Waals surface area contributed by atoms with Crippen molar-refractivity contribution in [3.8, 4) is 0 Å². The van der Waals surface area contributed by atoms with E-state index in [-0.39, 0.29) is 5.82 Å². The Balaban J connectivity index is 1.68. The van der Waals surface area contributed by atoms with Crippen molar-refractivity contribution in [1.82, 2.24) is 0 Å². The minimum Gasteiger partial charge on any atom is -0.390 e. The molecule has 1 saturated carbocycles. The molecule has 0 radical (unpaired) electrons. The maximum atomic E-state index is 13.1. The molecule has 0 bridgehead atoms. The van der Waals surface area contributed by atoms with Gasteiger partial charge in [0.05, 0.1) is 18.8 Å². The van der Waals surface area contributed by atoms with Crippen LogP contribution in [0.5, 0.6) is 0 Å². The van der Waals surface area contributed by atoms with Gasteiger partial charge < -0.3 is 14.6 Å². The topological polar surface area (TPSA) is 38.7 Å². The van der Waals surface area contributed by atoms with Gasteiger partial charge in [-0.1, -0.05) is 22.0 Å². The maximum absolute atomic E-state index is 13.1. The van der Waals surface area contributed by atoms with Crippen LogP contribution >= 0.6 is 15.9 Å². The summed E-state index contributed by atoms with van der Waals surface area (Å²) in [6, 6.07) is 4.59. The second-order valence-corrected chi connectivity index (χ2v) is 6.60. The molecule has 1 aromatic rings. The third kappa shape index (κ3) is 2.91. The third-order valence-electron chi connectivity index (χ3n) is 4.29. The molecule has 2 aliphatic rings. The van der Waals surface area contributed by atoms with Crippen LogP contribution in [0.4, 0.5) is 4.39 Å². The van der Waals surface area contributed by atoms with Crippen LogP contribution in [-0.4, -0.2) is 29.7 Å². The molecule has 0 atom stereocenters. The van der Waals surface area contributed by atoms with Crippen molar-refractivity contribution >= 4 is 15.9 Å². The summed E-state index contributed by atoms with van der Waals surface area (Å²) >= 11 is 3.36. The van der Waals surface area contributed by atoms with Crippen molar-refractivity contribution in [1.29, 1.82) is 0 Å². The SMILES string of the molecule is OC1(Cc2ccc(F)cc2Br)CCC2(CC1)OCCO2. The Morgan fingerprint density at radius 3 is 2.40 bits per heavy atom. The molecular weight excluding hydrogens is 327 g/mol. The summed E-state index contributed by atoms with van der Waals surface area (Å²) in [7, 11) is 0. The van der Waals surface area contributed by atoms with E-state index in [2.05, 4.69) is 15.9 Å². The van der Waals surface area contributed by atoms with E-state index in [4.69, 9.17) is 9.47 Å². The number of ether oxygens (including phenoxy) is 2. The van der Waals surface area contributed by atoms with Gasteiger partial charge >= 0.3 is 0 Å². The summed E-state index contributed by atoms with van der Waals surface area (Å²) in [5, 5.41) is 10.7. The molecule has 1 heterocycles. The highest BCUT2D eigenvalue weighted by Crippen LogP contribution is 2.42. The van der Waals surface area contributed by atoms with Gasteiger partial charge in [-0.2, -0.15) is 0 Å². The largest absolute Gasteiger partial charge is 0.390 e. The highest BCUT2D eigenvalue weighted by atomic mass is 79.9. The average molecular weight is 345 g/mol. The molecule has 3 nitrogen and oxygen atoms in total. The highest BCUT2D eigenvalue weighted by Gasteiger charge is 2.45. The normalized spacial score (nSPS) is 24.1. The Hall–Kier alpha value is -0.490. The summed E-state index contributed by atoms with van der Waals surface area (Å²) in [6.45, 7) is 1.28. The van der Waals surface area contributed by atoms with E-state index < -0.39 is 11.4 Å². The van der Waals surface area contributed by atoms with Gasteiger partial charge in [-0.15, -0.1) is 0 Å². The Morgan fingerprint density at radius 2 is 1.80 bits per heavy atom. The van der Waals surface area contributed by atoms with Crippen LogP contribution in [-0.2, 0) is 15.9 Å². The van der Waals surface area contributed by atoms with Crippen molar-refractivity contribution in [2.45, 2.75) is 43.5 Å². The van der Waals surface area contributed by atoms with Gasteiger partial charge in [0.15, 0.2) is 5.79 Å². The lowest BCUT2D eigenvalue weighted by Gasteiger charge is -2.40. The fourth-order valence-electron chi connectivity index (χ4n) is 3.08. The Kier molecular flexibility index (Phi) is 3.88. The number of rotatable bonds is 2. The molecule has 20 heavy (non-hydrogen) atoms. The molecule has 0 unspecified atom stereocenters. The predicted molar refractivity (Wildman–Crippen MR) is 75.9 cm³/mol. The van der Waals surface area contributed by atoms with Crippen molar-refractivity contribution in [2.75, 3.05) is 13.2 Å². The molecule has 1 spiro atoms. The van der Waals surface area contributed by atoms with Crippen LogP contribution in [0, 0.1) is 5.82 Å². The highest BCUT2D eigenvalue weighted by molar-refractivity contribution is 9.10. The van der Waals surface area contributed by atoms with Gasteiger partial charge in [0.1, 0.15) is 5.82 Å². The van der Waals surface area contributed by atoms with E-state index in [0.717, 1.165) is 5.56 Å². The first-order valence-corrected chi connectivity index (χ1v) is 7.74. The zero-order valence-electron chi connectivity index (χ0n) is 11.2. The molecule has 5 heteroatoms. The fraction of sp³-hybridized carbons (Fsp3) is 0.600. The van der Waals surface area contributed by atoms with Gasteiger partial charge in [0.25, 0.3) is 0 Å². The molecule has 1 N–H and O–H groups in total. The van der Waals surface area contributed by atoms with Gasteiger partial charge in [-0.3, -0.25) is 0 Å². The Morgan fingerprint density at radius 1 is 1.15 bits per heavy atom. The number of benzene rings is 1. The van der Waals surface area contributed by atoms with E-state index in [1.165, 1.54) is 12.1 Å². The smallest absolute Gasteiger partial charge is 0.168 e. The van der Waals surface area contributed by atoms with Gasteiger partial charge in [-0.25, -0.2) is 4.39 Å². The first-order chi connectivity index (χ1) is 9.50. The fourth-order valence-corrected chi connectivity index (χ4v) is 3.57. The second-order valence-electron chi connectivity index (χ2n) is 5.74. The van der Waals surface area contributed by atoms with Crippen molar-refractivity contribution in [3.63, 3.8) is 0 Å². The minimum atomic E-state index is -0.763. The maximum Gasteiger partial charge on any atom is 0.168 e. The van der Waals surface area contributed by atoms with E-state index in [9.17, 15) is 9.50 Å². The molecular formula is C15H18BrFO3. The Bertz CT molecular complexity index is 490. The van der Waals surface area contributed by atoms with Gasteiger partial charge in [0.2, 0.25) is 0 Å². The summed E-state index contributed by atoms with van der Waals surface area (Å²) in [4.78, 5) is 0. The summed E-state index contributed by atoms with van der Waals surface area (Å²) in [5.74, 6) is -0.741. The van der Waals surface area contributed by atoms with Crippen LogP contribution in [0.3, 0.4) is 0 Å². The lowest BCUT2D eigenvalue weighted by Crippen LogP contribution is -2.44. The monoisotopic (exact) mass is 344 g/mol. The zero-order valence-corrected chi connectivity index (χ0v) is 12.8.